The number of carbonyl (C=O) groups is 2. The van der Waals surface area contributed by atoms with Crippen LogP contribution in [0.5, 0.6) is 5.75 Å². The first kappa shape index (κ1) is 38.8. The van der Waals surface area contributed by atoms with E-state index in [0.717, 1.165) is 70.4 Å². The third-order valence-electron chi connectivity index (χ3n) is 12.0. The summed E-state index contributed by atoms with van der Waals surface area (Å²) in [4.78, 5) is 32.6. The Hall–Kier alpha value is -4.42. The van der Waals surface area contributed by atoms with Crippen molar-refractivity contribution in [3.05, 3.63) is 70.5 Å². The number of nitrogens with zero attached hydrogens (tertiary/aromatic N) is 5. The van der Waals surface area contributed by atoms with Crippen molar-refractivity contribution in [1.82, 2.24) is 28.9 Å². The van der Waals surface area contributed by atoms with Gasteiger partial charge in [0.1, 0.15) is 5.75 Å². The number of hydrogen-bond donors (Lipinski definition) is 1. The molecule has 0 spiro atoms. The van der Waals surface area contributed by atoms with Gasteiger partial charge in [-0.15, -0.1) is 0 Å². The summed E-state index contributed by atoms with van der Waals surface area (Å²) in [5.41, 5.74) is 7.22. The molecular weight excluding hydrogens is 713 g/mol. The zero-order chi connectivity index (χ0) is 39.6. The SMILES string of the molecule is COc1ccc2c(c1)C=C(c1c(C(=O)N3CC(C)N(C)C(C)C3)cnn1C(C)(C)C)Cn1c-2c(C2CCCCC2)c2ccc(C(=O)NS(=O)(=O)C(C)C)cc21. The monoisotopic (exact) mass is 768 g/mol. The van der Waals surface area contributed by atoms with Crippen molar-refractivity contribution in [2.24, 2.45) is 0 Å². The third kappa shape index (κ3) is 7.12. The molecule has 11 nitrogen and oxygen atoms in total. The topological polar surface area (TPSA) is 119 Å². The molecule has 4 heterocycles. The lowest BCUT2D eigenvalue weighted by atomic mass is 9.81. The van der Waals surface area contributed by atoms with E-state index in [0.29, 0.717) is 31.1 Å². The maximum Gasteiger partial charge on any atom is 0.264 e. The second-order valence-corrected chi connectivity index (χ2v) is 19.4. The van der Waals surface area contributed by atoms with E-state index in [9.17, 15) is 18.0 Å². The fourth-order valence-corrected chi connectivity index (χ4v) is 9.31. The number of carbonyl (C=O) groups excluding carboxylic acids is 2. The van der Waals surface area contributed by atoms with Crippen LogP contribution in [-0.4, -0.2) is 89.0 Å². The Morgan fingerprint density at radius 2 is 1.65 bits per heavy atom. The van der Waals surface area contributed by atoms with E-state index in [1.54, 1.807) is 33.2 Å². The minimum Gasteiger partial charge on any atom is -0.497 e. The molecule has 2 aliphatic heterocycles. The molecule has 0 radical (unpaired) electrons. The summed E-state index contributed by atoms with van der Waals surface area (Å²) in [6.45, 7) is 15.3. The number of sulfonamides is 1. The largest absolute Gasteiger partial charge is 0.497 e. The predicted octanol–water partition coefficient (Wildman–Crippen LogP) is 7.50. The number of hydrogen-bond acceptors (Lipinski definition) is 7. The smallest absolute Gasteiger partial charge is 0.264 e. The Morgan fingerprint density at radius 3 is 2.29 bits per heavy atom. The van der Waals surface area contributed by atoms with E-state index in [1.807, 2.05) is 27.8 Å². The second-order valence-electron chi connectivity index (χ2n) is 17.1. The molecule has 2 aromatic carbocycles. The van der Waals surface area contributed by atoms with Gasteiger partial charge in [0.25, 0.3) is 11.8 Å². The molecule has 1 saturated carbocycles. The minimum absolute atomic E-state index is 0.0425. The molecule has 12 heteroatoms. The molecule has 1 aliphatic carbocycles. The molecule has 2 aromatic heterocycles. The van der Waals surface area contributed by atoms with Crippen molar-refractivity contribution in [1.29, 1.82) is 0 Å². The van der Waals surface area contributed by atoms with Crippen LogP contribution in [0, 0.1) is 0 Å². The highest BCUT2D eigenvalue weighted by Crippen LogP contribution is 2.48. The molecule has 7 rings (SSSR count). The number of piperazine rings is 1. The number of allylic oxidation sites excluding steroid dienone is 1. The van der Waals surface area contributed by atoms with E-state index in [4.69, 9.17) is 9.84 Å². The molecule has 2 fully saturated rings. The van der Waals surface area contributed by atoms with Gasteiger partial charge in [-0.05, 0) is 127 Å². The lowest BCUT2D eigenvalue weighted by molar-refractivity contribution is 0.0413. The molecular formula is C43H56N6O5S. The second kappa shape index (κ2) is 14.6. The summed E-state index contributed by atoms with van der Waals surface area (Å²) in [7, 11) is -0.0638. The normalized spacial score (nSPS) is 19.9. The zero-order valence-electron chi connectivity index (χ0n) is 33.8. The van der Waals surface area contributed by atoms with Gasteiger partial charge in [-0.25, -0.2) is 13.1 Å². The number of rotatable bonds is 7. The highest BCUT2D eigenvalue weighted by molar-refractivity contribution is 7.90. The average molecular weight is 769 g/mol. The highest BCUT2D eigenvalue weighted by Gasteiger charge is 2.36. The lowest BCUT2D eigenvalue weighted by Gasteiger charge is -2.42. The Labute approximate surface area is 325 Å². The zero-order valence-corrected chi connectivity index (χ0v) is 34.6. The number of ether oxygens (including phenoxy) is 1. The van der Waals surface area contributed by atoms with Gasteiger partial charge >= 0.3 is 0 Å². The van der Waals surface area contributed by atoms with Gasteiger partial charge in [-0.2, -0.15) is 5.10 Å². The van der Waals surface area contributed by atoms with Crippen molar-refractivity contribution in [3.8, 4) is 17.0 Å². The lowest BCUT2D eigenvalue weighted by Crippen LogP contribution is -2.56. The first-order valence-corrected chi connectivity index (χ1v) is 21.3. The molecule has 0 bridgehead atoms. The summed E-state index contributed by atoms with van der Waals surface area (Å²) in [6.07, 6.45) is 9.52. The minimum atomic E-state index is -3.85. The van der Waals surface area contributed by atoms with E-state index in [1.165, 1.54) is 12.0 Å². The number of aromatic nitrogens is 3. The van der Waals surface area contributed by atoms with Crippen LogP contribution in [0.1, 0.15) is 124 Å². The third-order valence-corrected chi connectivity index (χ3v) is 13.7. The Balaban J connectivity index is 1.47. The molecule has 4 aromatic rings. The molecule has 3 aliphatic rings. The van der Waals surface area contributed by atoms with Crippen molar-refractivity contribution in [3.63, 3.8) is 0 Å². The summed E-state index contributed by atoms with van der Waals surface area (Å²) >= 11 is 0. The molecule has 1 saturated heterocycles. The van der Waals surface area contributed by atoms with Crippen molar-refractivity contribution in [2.45, 2.75) is 116 Å². The van der Waals surface area contributed by atoms with Gasteiger partial charge in [-0.1, -0.05) is 25.3 Å². The van der Waals surface area contributed by atoms with Crippen LogP contribution in [0.25, 0.3) is 33.8 Å². The van der Waals surface area contributed by atoms with E-state index in [-0.39, 0.29) is 23.6 Å². The van der Waals surface area contributed by atoms with Gasteiger partial charge in [0.2, 0.25) is 10.0 Å². The maximum atomic E-state index is 14.7. The molecule has 1 N–H and O–H groups in total. The number of amides is 2. The van der Waals surface area contributed by atoms with Crippen LogP contribution in [0.15, 0.2) is 42.6 Å². The van der Waals surface area contributed by atoms with Crippen molar-refractivity contribution >= 4 is 44.4 Å². The number of fused-ring (bicyclic) bond motifs is 5. The van der Waals surface area contributed by atoms with Crippen LogP contribution < -0.4 is 9.46 Å². The van der Waals surface area contributed by atoms with E-state index >= 15 is 0 Å². The van der Waals surface area contributed by atoms with E-state index < -0.39 is 26.7 Å². The molecule has 2 amide bonds. The summed E-state index contributed by atoms with van der Waals surface area (Å²) in [5.74, 6) is 0.335. The summed E-state index contributed by atoms with van der Waals surface area (Å²) < 4.78 is 37.9. The molecule has 55 heavy (non-hydrogen) atoms. The number of methoxy groups -OCH3 is 1. The molecule has 2 unspecified atom stereocenters. The predicted molar refractivity (Wildman–Crippen MR) is 219 cm³/mol. The first-order valence-electron chi connectivity index (χ1n) is 19.7. The highest BCUT2D eigenvalue weighted by atomic mass is 32.2. The summed E-state index contributed by atoms with van der Waals surface area (Å²) in [5, 5.41) is 5.20. The first-order chi connectivity index (χ1) is 26.0. The van der Waals surface area contributed by atoms with Crippen molar-refractivity contribution in [2.75, 3.05) is 27.2 Å². The maximum absolute atomic E-state index is 14.7. The Kier molecular flexibility index (Phi) is 10.3. The standard InChI is InChI=1S/C43H56N6O5S/c1-26(2)55(52,53)45-41(50)30-15-17-35-37(21-30)48-25-32(19-31-20-33(54-9)16-18-34(31)40(48)38(35)29-13-11-10-12-14-29)39-36(22-44-49(39)43(5,6)7)42(51)47-23-27(3)46(8)28(4)24-47/h15-22,26-29H,10-14,23-25H2,1-9H3,(H,45,50). The van der Waals surface area contributed by atoms with Crippen LogP contribution in [0.3, 0.4) is 0 Å². The van der Waals surface area contributed by atoms with Gasteiger partial charge in [0.15, 0.2) is 0 Å². The quantitative estimate of drug-likeness (QED) is 0.207. The number of benzene rings is 2. The molecule has 2 atom stereocenters. The Bertz CT molecular complexity index is 2280. The van der Waals surface area contributed by atoms with Gasteiger partial charge in [-0.3, -0.25) is 19.2 Å². The van der Waals surface area contributed by atoms with Crippen LogP contribution in [0.2, 0.25) is 0 Å². The van der Waals surface area contributed by atoms with Crippen LogP contribution in [0.4, 0.5) is 0 Å². The van der Waals surface area contributed by atoms with Gasteiger partial charge < -0.3 is 14.2 Å². The van der Waals surface area contributed by atoms with Crippen LogP contribution in [-0.2, 0) is 22.1 Å². The van der Waals surface area contributed by atoms with E-state index in [2.05, 4.69) is 74.1 Å². The average Bonchev–Trinajstić information content (AvgIpc) is 3.68. The Morgan fingerprint density at radius 1 is 0.964 bits per heavy atom. The fraction of sp³-hybridized carbons (Fsp3) is 0.512. The fourth-order valence-electron chi connectivity index (χ4n) is 8.70. The van der Waals surface area contributed by atoms with Gasteiger partial charge in [0.05, 0.1) is 47.6 Å². The van der Waals surface area contributed by atoms with Crippen molar-refractivity contribution < 1.29 is 22.7 Å². The van der Waals surface area contributed by atoms with Crippen LogP contribution >= 0.6 is 0 Å². The number of likely N-dealkylation sites (N-methyl/N-ethyl adjacent to an activating group) is 1. The summed E-state index contributed by atoms with van der Waals surface area (Å²) in [6, 6.07) is 12.2. The number of nitrogens with one attached hydrogen (secondary N) is 1. The molecule has 294 valence electrons. The van der Waals surface area contributed by atoms with Gasteiger partial charge in [0, 0.05) is 47.2 Å².